The molecule has 0 aliphatic heterocycles. The molecule has 1 N–H and O–H groups in total. The predicted octanol–water partition coefficient (Wildman–Crippen LogP) is 3.45. The van der Waals surface area contributed by atoms with Crippen molar-refractivity contribution in [3.8, 4) is 11.9 Å². The van der Waals surface area contributed by atoms with Crippen LogP contribution in [0, 0.1) is 18.3 Å². The topological polar surface area (TPSA) is 100.0 Å². The van der Waals surface area contributed by atoms with Gasteiger partial charge in [0.1, 0.15) is 11.6 Å². The van der Waals surface area contributed by atoms with Crippen LogP contribution in [0.5, 0.6) is 5.88 Å². The van der Waals surface area contributed by atoms with Crippen molar-refractivity contribution in [2.24, 2.45) is 10.2 Å². The highest BCUT2D eigenvalue weighted by atomic mass is 35.5. The highest BCUT2D eigenvalue weighted by molar-refractivity contribution is 6.30. The lowest BCUT2D eigenvalue weighted by atomic mass is 10.1. The van der Waals surface area contributed by atoms with Crippen molar-refractivity contribution < 1.29 is 9.84 Å². The van der Waals surface area contributed by atoms with E-state index in [1.54, 1.807) is 24.3 Å². The summed E-state index contributed by atoms with van der Waals surface area (Å²) in [6, 6.07) is 8.55. The monoisotopic (exact) mass is 346 g/mol. The Morgan fingerprint density at radius 1 is 1.42 bits per heavy atom. The number of ether oxygens (including phenoxy) is 1. The van der Waals surface area contributed by atoms with Gasteiger partial charge < -0.3 is 9.84 Å². The molecular weight excluding hydrogens is 332 g/mol. The molecule has 0 saturated heterocycles. The first-order chi connectivity index (χ1) is 11.5. The summed E-state index contributed by atoms with van der Waals surface area (Å²) in [4.78, 5) is 12.5. The Balaban J connectivity index is 2.57. The molecule has 124 valence electrons. The summed E-state index contributed by atoms with van der Waals surface area (Å²) in [5.74, 6) is -0.404. The smallest absolute Gasteiger partial charge is 0.281 e. The van der Waals surface area contributed by atoms with Gasteiger partial charge in [-0.25, -0.2) is 0 Å². The van der Waals surface area contributed by atoms with E-state index < -0.39 is 11.4 Å². The van der Waals surface area contributed by atoms with Crippen molar-refractivity contribution >= 4 is 23.0 Å². The molecule has 0 radical (unpaired) electrons. The Labute approximate surface area is 143 Å². The summed E-state index contributed by atoms with van der Waals surface area (Å²) in [5, 5.41) is 27.8. The summed E-state index contributed by atoms with van der Waals surface area (Å²) in [6.45, 7) is 1.83. The van der Waals surface area contributed by atoms with Crippen LogP contribution >= 0.6 is 11.6 Å². The van der Waals surface area contributed by atoms with Crippen molar-refractivity contribution in [2.45, 2.75) is 13.5 Å². The van der Waals surface area contributed by atoms with E-state index in [9.17, 15) is 15.2 Å². The first-order valence-electron chi connectivity index (χ1n) is 7.02. The number of aromatic nitrogens is 1. The summed E-state index contributed by atoms with van der Waals surface area (Å²) in [6.07, 6.45) is 0. The van der Waals surface area contributed by atoms with E-state index in [1.807, 2.05) is 6.07 Å². The lowest BCUT2D eigenvalue weighted by molar-refractivity contribution is 0.182. The maximum atomic E-state index is 12.5. The summed E-state index contributed by atoms with van der Waals surface area (Å²) < 4.78 is 5.96. The molecule has 8 heteroatoms. The molecule has 0 saturated carbocycles. The number of benzene rings is 1. The van der Waals surface area contributed by atoms with Crippen LogP contribution in [-0.4, -0.2) is 23.4 Å². The van der Waals surface area contributed by atoms with E-state index in [-0.39, 0.29) is 30.0 Å². The zero-order valence-electron chi connectivity index (χ0n) is 13.2. The third-order valence-corrected chi connectivity index (χ3v) is 3.60. The number of halogens is 1. The van der Waals surface area contributed by atoms with Crippen molar-refractivity contribution in [3.05, 3.63) is 50.8 Å². The second-order valence-corrected chi connectivity index (χ2v) is 5.35. The number of nitrogens with zero attached hydrogens (tertiary/aromatic N) is 4. The minimum absolute atomic E-state index is 0.0135. The number of aromatic hydroxyl groups is 1. The molecule has 0 aliphatic rings. The highest BCUT2D eigenvalue weighted by Gasteiger charge is 2.18. The van der Waals surface area contributed by atoms with Gasteiger partial charge in [0.15, 0.2) is 5.69 Å². The van der Waals surface area contributed by atoms with Gasteiger partial charge in [-0.05, 0) is 25.1 Å². The molecule has 1 aromatic carbocycles. The molecule has 0 atom stereocenters. The highest BCUT2D eigenvalue weighted by Crippen LogP contribution is 2.27. The van der Waals surface area contributed by atoms with Gasteiger partial charge in [-0.15, -0.1) is 5.11 Å². The molecule has 0 unspecified atom stereocenters. The third-order valence-electron chi connectivity index (χ3n) is 3.36. The van der Waals surface area contributed by atoms with Gasteiger partial charge in [0.05, 0.1) is 18.8 Å². The third kappa shape index (κ3) is 3.62. The fourth-order valence-corrected chi connectivity index (χ4v) is 2.28. The first kappa shape index (κ1) is 17.7. The lowest BCUT2D eigenvalue weighted by Crippen LogP contribution is -2.23. The number of azo groups is 1. The van der Waals surface area contributed by atoms with Gasteiger partial charge in [0, 0.05) is 17.7 Å². The van der Waals surface area contributed by atoms with Crippen LogP contribution in [0.2, 0.25) is 5.02 Å². The SMILES string of the molecule is COCCn1c(O)c(C#N)c(C)c(N=Nc2cccc(Cl)c2)c1=O. The van der Waals surface area contributed by atoms with Gasteiger partial charge in [-0.3, -0.25) is 9.36 Å². The van der Waals surface area contributed by atoms with Crippen LogP contribution in [-0.2, 0) is 11.3 Å². The van der Waals surface area contributed by atoms with Crippen LogP contribution in [0.3, 0.4) is 0 Å². The van der Waals surface area contributed by atoms with E-state index in [2.05, 4.69) is 10.2 Å². The molecule has 0 amide bonds. The fourth-order valence-electron chi connectivity index (χ4n) is 2.09. The maximum absolute atomic E-state index is 12.5. The molecule has 24 heavy (non-hydrogen) atoms. The van der Waals surface area contributed by atoms with Crippen molar-refractivity contribution in [1.29, 1.82) is 5.26 Å². The van der Waals surface area contributed by atoms with E-state index >= 15 is 0 Å². The van der Waals surface area contributed by atoms with Crippen molar-refractivity contribution in [2.75, 3.05) is 13.7 Å². The van der Waals surface area contributed by atoms with E-state index in [0.717, 1.165) is 4.57 Å². The average Bonchev–Trinajstić information content (AvgIpc) is 2.55. The largest absolute Gasteiger partial charge is 0.493 e. The molecule has 0 aliphatic carbocycles. The lowest BCUT2D eigenvalue weighted by Gasteiger charge is -2.12. The number of hydrogen-bond acceptors (Lipinski definition) is 6. The standard InChI is InChI=1S/C16H15ClN4O3/c1-10-13(9-18)15(22)21(6-7-24-2)16(23)14(10)20-19-12-5-3-4-11(17)8-12/h3-5,8,22H,6-7H2,1-2H3. The molecule has 1 heterocycles. The average molecular weight is 347 g/mol. The number of rotatable bonds is 5. The maximum Gasteiger partial charge on any atom is 0.281 e. The number of methoxy groups -OCH3 is 1. The molecule has 7 nitrogen and oxygen atoms in total. The van der Waals surface area contributed by atoms with Crippen LogP contribution < -0.4 is 5.56 Å². The summed E-state index contributed by atoms with van der Waals surface area (Å²) in [7, 11) is 1.47. The van der Waals surface area contributed by atoms with Gasteiger partial charge >= 0.3 is 0 Å². The Kier molecular flexibility index (Phi) is 5.68. The van der Waals surface area contributed by atoms with E-state index in [0.29, 0.717) is 10.7 Å². The molecular formula is C16H15ClN4O3. The van der Waals surface area contributed by atoms with Crippen LogP contribution in [0.15, 0.2) is 39.3 Å². The normalized spacial score (nSPS) is 10.9. The quantitative estimate of drug-likeness (QED) is 0.838. The van der Waals surface area contributed by atoms with Gasteiger partial charge in [0.2, 0.25) is 5.88 Å². The molecule has 1 aromatic heterocycles. The molecule has 2 rings (SSSR count). The fraction of sp³-hybridized carbons (Fsp3) is 0.250. The molecule has 0 bridgehead atoms. The van der Waals surface area contributed by atoms with Gasteiger partial charge in [-0.1, -0.05) is 17.7 Å². The minimum Gasteiger partial charge on any atom is -0.493 e. The first-order valence-corrected chi connectivity index (χ1v) is 7.40. The minimum atomic E-state index is -0.549. The number of hydrogen-bond donors (Lipinski definition) is 1. The Morgan fingerprint density at radius 3 is 2.79 bits per heavy atom. The van der Waals surface area contributed by atoms with Crippen molar-refractivity contribution in [3.63, 3.8) is 0 Å². The summed E-state index contributed by atoms with van der Waals surface area (Å²) in [5.41, 5.74) is 0.147. The Bertz CT molecular complexity index is 884. The zero-order valence-corrected chi connectivity index (χ0v) is 13.9. The van der Waals surface area contributed by atoms with Crippen LogP contribution in [0.1, 0.15) is 11.1 Å². The van der Waals surface area contributed by atoms with Gasteiger partial charge in [0.25, 0.3) is 5.56 Å². The predicted molar refractivity (Wildman–Crippen MR) is 89.3 cm³/mol. The Hall–Kier alpha value is -2.69. The van der Waals surface area contributed by atoms with Gasteiger partial charge in [-0.2, -0.15) is 10.4 Å². The van der Waals surface area contributed by atoms with Crippen molar-refractivity contribution in [1.82, 2.24) is 4.57 Å². The second-order valence-electron chi connectivity index (χ2n) is 4.91. The summed E-state index contributed by atoms with van der Waals surface area (Å²) >= 11 is 5.88. The second kappa shape index (κ2) is 7.73. The van der Waals surface area contributed by atoms with Crippen LogP contribution in [0.4, 0.5) is 11.4 Å². The number of nitriles is 1. The Morgan fingerprint density at radius 2 is 2.17 bits per heavy atom. The van der Waals surface area contributed by atoms with Crippen LogP contribution in [0.25, 0.3) is 0 Å². The van der Waals surface area contributed by atoms with E-state index in [4.69, 9.17) is 16.3 Å². The molecule has 0 spiro atoms. The van der Waals surface area contributed by atoms with E-state index in [1.165, 1.54) is 14.0 Å². The molecule has 0 fully saturated rings. The zero-order chi connectivity index (χ0) is 17.7. The molecule has 2 aromatic rings. The number of pyridine rings is 1.